The molecule has 0 atom stereocenters. The Hall–Kier alpha value is -1.16. The third kappa shape index (κ3) is 0.823. The topological polar surface area (TPSA) is 58.7 Å². The molecule has 1 rings (SSSR count). The first kappa shape index (κ1) is 6.95. The van der Waals surface area contributed by atoms with E-state index in [1.165, 1.54) is 0 Å². The van der Waals surface area contributed by atoms with E-state index >= 15 is 0 Å². The molecule has 0 aliphatic carbocycles. The number of nitrogens with two attached hydrogens (primary N) is 1. The maximum absolute atomic E-state index is 11.0. The molecule has 0 unspecified atom stereocenters. The number of carbonyl (C=O) groups excluding carboxylic acids is 1. The summed E-state index contributed by atoms with van der Waals surface area (Å²) in [5.74, 6) is 4.95. The van der Waals surface area contributed by atoms with Gasteiger partial charge in [0.05, 0.1) is 11.3 Å². The van der Waals surface area contributed by atoms with Crippen LogP contribution in [0.2, 0.25) is 0 Å². The van der Waals surface area contributed by atoms with Crippen molar-refractivity contribution in [2.45, 2.75) is 13.8 Å². The molecule has 10 heavy (non-hydrogen) atoms. The Morgan fingerprint density at radius 2 is 2.30 bits per heavy atom. The minimum Gasteiger partial charge on any atom is -0.266 e. The lowest BCUT2D eigenvalue weighted by Gasteiger charge is -1.99. The van der Waals surface area contributed by atoms with Crippen molar-refractivity contribution in [1.82, 2.24) is 5.12 Å². The quantitative estimate of drug-likeness (QED) is 0.292. The van der Waals surface area contributed by atoms with Crippen molar-refractivity contribution in [3.05, 3.63) is 11.6 Å². The number of hydrazone groups is 1. The molecule has 0 radical (unpaired) electrons. The number of hydrogen-bond acceptors (Lipinski definition) is 3. The third-order valence-electron chi connectivity index (χ3n) is 1.37. The van der Waals surface area contributed by atoms with Gasteiger partial charge in [0.1, 0.15) is 0 Å². The molecule has 1 aliphatic rings. The highest BCUT2D eigenvalue weighted by atomic mass is 16.2. The standard InChI is InChI=1S/C6H9N3O/c1-3-5-4(2)8-9(7)6(5)10/h3H,7H2,1-2H3. The van der Waals surface area contributed by atoms with Crippen molar-refractivity contribution >= 4 is 11.6 Å². The van der Waals surface area contributed by atoms with Gasteiger partial charge in [0, 0.05) is 0 Å². The van der Waals surface area contributed by atoms with E-state index in [0.29, 0.717) is 11.3 Å². The fraction of sp³-hybridized carbons (Fsp3) is 0.333. The fourth-order valence-corrected chi connectivity index (χ4v) is 0.871. The number of carbonyl (C=O) groups is 1. The van der Waals surface area contributed by atoms with Crippen LogP contribution < -0.4 is 5.84 Å². The van der Waals surface area contributed by atoms with Crippen molar-refractivity contribution in [1.29, 1.82) is 0 Å². The van der Waals surface area contributed by atoms with Gasteiger partial charge in [0.25, 0.3) is 5.91 Å². The summed E-state index contributed by atoms with van der Waals surface area (Å²) in [6, 6.07) is 0. The molecular formula is C6H9N3O. The highest BCUT2D eigenvalue weighted by molar-refractivity contribution is 6.23. The average Bonchev–Trinajstić information content (AvgIpc) is 2.09. The van der Waals surface area contributed by atoms with Crippen LogP contribution in [0.4, 0.5) is 0 Å². The van der Waals surface area contributed by atoms with Crippen LogP contribution in [-0.4, -0.2) is 16.7 Å². The predicted molar refractivity (Wildman–Crippen MR) is 37.9 cm³/mol. The molecule has 0 aromatic rings. The van der Waals surface area contributed by atoms with Gasteiger partial charge in [-0.2, -0.15) is 10.2 Å². The van der Waals surface area contributed by atoms with Gasteiger partial charge >= 0.3 is 0 Å². The summed E-state index contributed by atoms with van der Waals surface area (Å²) in [5, 5.41) is 4.58. The maximum atomic E-state index is 11.0. The van der Waals surface area contributed by atoms with Crippen molar-refractivity contribution in [2.24, 2.45) is 10.9 Å². The highest BCUT2D eigenvalue weighted by Gasteiger charge is 2.23. The van der Waals surface area contributed by atoms with Crippen LogP contribution >= 0.6 is 0 Å². The molecule has 1 heterocycles. The second kappa shape index (κ2) is 2.22. The van der Waals surface area contributed by atoms with Gasteiger partial charge in [-0.05, 0) is 13.8 Å². The Labute approximate surface area is 59.0 Å². The maximum Gasteiger partial charge on any atom is 0.290 e. The summed E-state index contributed by atoms with van der Waals surface area (Å²) < 4.78 is 0. The van der Waals surface area contributed by atoms with Crippen LogP contribution in [0.3, 0.4) is 0 Å². The fourth-order valence-electron chi connectivity index (χ4n) is 0.871. The van der Waals surface area contributed by atoms with Crippen LogP contribution in [0.25, 0.3) is 0 Å². The zero-order valence-corrected chi connectivity index (χ0v) is 5.96. The van der Waals surface area contributed by atoms with Crippen LogP contribution in [0.5, 0.6) is 0 Å². The molecule has 54 valence electrons. The summed E-state index contributed by atoms with van der Waals surface area (Å²) in [5.41, 5.74) is 1.26. The highest BCUT2D eigenvalue weighted by Crippen LogP contribution is 2.09. The smallest absolute Gasteiger partial charge is 0.266 e. The van der Waals surface area contributed by atoms with Crippen molar-refractivity contribution in [2.75, 3.05) is 0 Å². The number of amides is 1. The Kier molecular flexibility index (Phi) is 1.55. The van der Waals surface area contributed by atoms with E-state index in [1.54, 1.807) is 19.9 Å². The molecule has 0 bridgehead atoms. The summed E-state index contributed by atoms with van der Waals surface area (Å²) in [6.07, 6.45) is 1.70. The van der Waals surface area contributed by atoms with Crippen molar-refractivity contribution < 1.29 is 4.79 Å². The van der Waals surface area contributed by atoms with E-state index in [-0.39, 0.29) is 5.91 Å². The normalized spacial score (nSPS) is 22.3. The monoisotopic (exact) mass is 139 g/mol. The Balaban J connectivity index is 3.00. The first-order chi connectivity index (χ1) is 4.66. The minimum absolute atomic E-state index is 0.236. The molecule has 0 aromatic heterocycles. The van der Waals surface area contributed by atoms with Gasteiger partial charge in [-0.3, -0.25) is 4.79 Å². The molecule has 0 aromatic carbocycles. The minimum atomic E-state index is -0.236. The second-order valence-electron chi connectivity index (χ2n) is 2.04. The van der Waals surface area contributed by atoms with Crippen molar-refractivity contribution in [3.8, 4) is 0 Å². The molecule has 4 heteroatoms. The molecule has 0 saturated heterocycles. The van der Waals surface area contributed by atoms with Crippen molar-refractivity contribution in [3.63, 3.8) is 0 Å². The van der Waals surface area contributed by atoms with Crippen LogP contribution in [-0.2, 0) is 4.79 Å². The first-order valence-corrected chi connectivity index (χ1v) is 2.98. The predicted octanol–water partition coefficient (Wildman–Crippen LogP) is 0.0245. The zero-order valence-electron chi connectivity index (χ0n) is 5.96. The lowest BCUT2D eigenvalue weighted by atomic mass is 10.2. The number of hydrogen-bond donors (Lipinski definition) is 1. The number of rotatable bonds is 0. The van der Waals surface area contributed by atoms with Gasteiger partial charge in [-0.1, -0.05) is 6.08 Å². The lowest BCUT2D eigenvalue weighted by molar-refractivity contribution is -0.125. The van der Waals surface area contributed by atoms with E-state index in [1.807, 2.05) is 0 Å². The zero-order chi connectivity index (χ0) is 7.72. The van der Waals surface area contributed by atoms with Gasteiger partial charge in [-0.15, -0.1) is 0 Å². The molecule has 0 spiro atoms. The summed E-state index contributed by atoms with van der Waals surface area (Å²) in [6.45, 7) is 3.53. The number of allylic oxidation sites excluding steroid dienone is 1. The first-order valence-electron chi connectivity index (χ1n) is 2.98. The van der Waals surface area contributed by atoms with Gasteiger partial charge in [-0.25, -0.2) is 5.84 Å². The van der Waals surface area contributed by atoms with E-state index in [9.17, 15) is 4.79 Å². The second-order valence-corrected chi connectivity index (χ2v) is 2.04. The molecular weight excluding hydrogens is 130 g/mol. The molecule has 0 saturated carbocycles. The van der Waals surface area contributed by atoms with E-state index < -0.39 is 0 Å². The van der Waals surface area contributed by atoms with Crippen LogP contribution in [0.1, 0.15) is 13.8 Å². The van der Waals surface area contributed by atoms with E-state index in [2.05, 4.69) is 5.10 Å². The molecule has 4 nitrogen and oxygen atoms in total. The average molecular weight is 139 g/mol. The van der Waals surface area contributed by atoms with E-state index in [4.69, 9.17) is 5.84 Å². The third-order valence-corrected chi connectivity index (χ3v) is 1.37. The van der Waals surface area contributed by atoms with Gasteiger partial charge < -0.3 is 0 Å². The summed E-state index contributed by atoms with van der Waals surface area (Å²) in [7, 11) is 0. The summed E-state index contributed by atoms with van der Waals surface area (Å²) in [4.78, 5) is 11.0. The van der Waals surface area contributed by atoms with Crippen LogP contribution in [0.15, 0.2) is 16.8 Å². The SMILES string of the molecule is CC=C1C(=O)N(N)N=C1C. The Morgan fingerprint density at radius 1 is 1.70 bits per heavy atom. The van der Waals surface area contributed by atoms with Crippen LogP contribution in [0, 0.1) is 0 Å². The lowest BCUT2D eigenvalue weighted by Crippen LogP contribution is -2.28. The number of nitrogens with zero attached hydrogens (tertiary/aromatic N) is 2. The number of hydrazine groups is 1. The van der Waals surface area contributed by atoms with Gasteiger partial charge in [0.15, 0.2) is 0 Å². The summed E-state index contributed by atoms with van der Waals surface area (Å²) >= 11 is 0. The van der Waals surface area contributed by atoms with Gasteiger partial charge in [0.2, 0.25) is 0 Å². The molecule has 1 amide bonds. The Morgan fingerprint density at radius 3 is 2.50 bits per heavy atom. The molecule has 0 fully saturated rings. The largest absolute Gasteiger partial charge is 0.290 e. The Bertz CT molecular complexity index is 229. The molecule has 1 aliphatic heterocycles. The molecule has 2 N–H and O–H groups in total. The van der Waals surface area contributed by atoms with E-state index in [0.717, 1.165) is 5.12 Å².